The minimum Gasteiger partial charge on any atom is -0.378 e. The second kappa shape index (κ2) is 7.48. The topological polar surface area (TPSA) is 49.9 Å². The maximum atomic E-state index is 12.7. The first-order valence-electron chi connectivity index (χ1n) is 8.26. The largest absolute Gasteiger partial charge is 0.416 e. The van der Waals surface area contributed by atoms with Crippen LogP contribution in [0.4, 0.5) is 13.2 Å². The Kier molecular flexibility index (Phi) is 5.47. The Balaban J connectivity index is 1.76. The number of halogens is 3. The average Bonchev–Trinajstić information content (AvgIpc) is 2.90. The molecular weight excluding hydrogens is 369 g/mol. The van der Waals surface area contributed by atoms with Crippen LogP contribution in [-0.4, -0.2) is 59.7 Å². The summed E-state index contributed by atoms with van der Waals surface area (Å²) >= 11 is 1.34. The molecule has 0 aromatic heterocycles. The van der Waals surface area contributed by atoms with E-state index in [-0.39, 0.29) is 23.6 Å². The van der Waals surface area contributed by atoms with E-state index in [1.807, 2.05) is 0 Å². The third kappa shape index (κ3) is 3.98. The Morgan fingerprint density at radius 3 is 2.42 bits per heavy atom. The van der Waals surface area contributed by atoms with Crippen LogP contribution in [0.5, 0.6) is 0 Å². The van der Waals surface area contributed by atoms with Crippen molar-refractivity contribution in [2.24, 2.45) is 0 Å². The van der Waals surface area contributed by atoms with E-state index in [0.29, 0.717) is 31.9 Å². The molecule has 0 unspecified atom stereocenters. The predicted molar refractivity (Wildman–Crippen MR) is 90.4 cm³/mol. The molecule has 2 aliphatic rings. The molecule has 5 nitrogen and oxygen atoms in total. The Bertz CT molecular complexity index is 675. The maximum Gasteiger partial charge on any atom is 0.416 e. The third-order valence-electron chi connectivity index (χ3n) is 4.44. The van der Waals surface area contributed by atoms with Crippen LogP contribution in [0.15, 0.2) is 24.3 Å². The highest BCUT2D eigenvalue weighted by Gasteiger charge is 2.40. The summed E-state index contributed by atoms with van der Waals surface area (Å²) in [5.74, 6) is -0.352. The lowest BCUT2D eigenvalue weighted by Crippen LogP contribution is -2.46. The van der Waals surface area contributed by atoms with Gasteiger partial charge in [-0.15, -0.1) is 11.8 Å². The number of morpholine rings is 1. The molecule has 2 fully saturated rings. The molecule has 2 heterocycles. The van der Waals surface area contributed by atoms with Gasteiger partial charge in [-0.1, -0.05) is 12.1 Å². The molecule has 1 aromatic carbocycles. The number of nitrogens with zero attached hydrogens (tertiary/aromatic N) is 2. The molecule has 3 rings (SSSR count). The highest BCUT2D eigenvalue weighted by molar-refractivity contribution is 8.01. The molecule has 2 amide bonds. The summed E-state index contributed by atoms with van der Waals surface area (Å²) in [4.78, 5) is 28.1. The number of rotatable bonds is 3. The third-order valence-corrected chi connectivity index (χ3v) is 5.83. The zero-order chi connectivity index (χ0) is 18.9. The van der Waals surface area contributed by atoms with Gasteiger partial charge in [-0.2, -0.15) is 13.2 Å². The Morgan fingerprint density at radius 2 is 1.85 bits per heavy atom. The molecule has 0 spiro atoms. The van der Waals surface area contributed by atoms with Gasteiger partial charge in [0.25, 0.3) is 0 Å². The van der Waals surface area contributed by atoms with Gasteiger partial charge in [-0.25, -0.2) is 0 Å². The summed E-state index contributed by atoms with van der Waals surface area (Å²) in [7, 11) is 0. The minimum absolute atomic E-state index is 0.0815. The van der Waals surface area contributed by atoms with Gasteiger partial charge in [0, 0.05) is 13.1 Å². The lowest BCUT2D eigenvalue weighted by atomic mass is 10.1. The molecule has 1 aromatic rings. The maximum absolute atomic E-state index is 12.7. The molecule has 2 aliphatic heterocycles. The van der Waals surface area contributed by atoms with Crippen LogP contribution in [-0.2, 0) is 20.5 Å². The molecule has 0 N–H and O–H groups in total. The van der Waals surface area contributed by atoms with Crippen LogP contribution in [0.2, 0.25) is 0 Å². The first kappa shape index (κ1) is 19.0. The molecule has 9 heteroatoms. The van der Waals surface area contributed by atoms with Crippen molar-refractivity contribution in [3.8, 4) is 0 Å². The van der Waals surface area contributed by atoms with Gasteiger partial charge in [0.1, 0.15) is 11.9 Å². The number of hydrogen-bond donors (Lipinski definition) is 0. The van der Waals surface area contributed by atoms with E-state index in [1.165, 1.54) is 28.8 Å². The van der Waals surface area contributed by atoms with Gasteiger partial charge in [-0.05, 0) is 24.6 Å². The molecule has 26 heavy (non-hydrogen) atoms. The van der Waals surface area contributed by atoms with Crippen molar-refractivity contribution in [3.63, 3.8) is 0 Å². The van der Waals surface area contributed by atoms with Crippen molar-refractivity contribution < 1.29 is 27.5 Å². The highest BCUT2D eigenvalue weighted by Crippen LogP contribution is 2.43. The summed E-state index contributed by atoms with van der Waals surface area (Å²) in [5, 5.41) is -0.815. The fraction of sp³-hybridized carbons (Fsp3) is 0.529. The minimum atomic E-state index is -4.41. The van der Waals surface area contributed by atoms with E-state index >= 15 is 0 Å². The summed E-state index contributed by atoms with van der Waals surface area (Å²) in [6.45, 7) is 3.55. The number of thioether (sulfide) groups is 1. The van der Waals surface area contributed by atoms with Crippen molar-refractivity contribution in [3.05, 3.63) is 35.4 Å². The van der Waals surface area contributed by atoms with Gasteiger partial charge >= 0.3 is 6.18 Å². The van der Waals surface area contributed by atoms with Crippen molar-refractivity contribution in [2.45, 2.75) is 23.7 Å². The summed E-state index contributed by atoms with van der Waals surface area (Å²) < 4.78 is 43.5. The van der Waals surface area contributed by atoms with Crippen LogP contribution in [0.25, 0.3) is 0 Å². The number of carbonyl (C=O) groups excluding carboxylic acids is 2. The Labute approximate surface area is 153 Å². The van der Waals surface area contributed by atoms with Gasteiger partial charge in [0.15, 0.2) is 0 Å². The number of ether oxygens (including phenoxy) is 1. The molecule has 0 saturated carbocycles. The average molecular weight is 388 g/mol. The summed E-state index contributed by atoms with van der Waals surface area (Å²) in [6, 6.07) is 4.76. The van der Waals surface area contributed by atoms with E-state index in [4.69, 9.17) is 4.74 Å². The molecule has 0 radical (unpaired) electrons. The number of hydrogen-bond acceptors (Lipinski definition) is 4. The fourth-order valence-electron chi connectivity index (χ4n) is 2.99. The summed E-state index contributed by atoms with van der Waals surface area (Å²) in [6.07, 6.45) is -4.41. The van der Waals surface area contributed by atoms with E-state index in [2.05, 4.69) is 0 Å². The van der Waals surface area contributed by atoms with E-state index in [0.717, 1.165) is 12.1 Å². The summed E-state index contributed by atoms with van der Waals surface area (Å²) in [5.41, 5.74) is -0.157. The van der Waals surface area contributed by atoms with E-state index in [9.17, 15) is 22.8 Å². The van der Waals surface area contributed by atoms with Gasteiger partial charge in [0.05, 0.1) is 24.0 Å². The van der Waals surface area contributed by atoms with Gasteiger partial charge in [0.2, 0.25) is 11.8 Å². The molecular formula is C17H19F3N2O3S. The lowest BCUT2D eigenvalue weighted by Gasteiger charge is -2.30. The van der Waals surface area contributed by atoms with Crippen LogP contribution < -0.4 is 0 Å². The first-order chi connectivity index (χ1) is 12.3. The zero-order valence-electron chi connectivity index (χ0n) is 14.2. The van der Waals surface area contributed by atoms with Gasteiger partial charge < -0.3 is 14.5 Å². The van der Waals surface area contributed by atoms with Crippen LogP contribution in [0.1, 0.15) is 23.4 Å². The SMILES string of the molecule is C[C@@H]1S[C@@H](c2ccc(C(F)(F)F)cc2)N(CC(=O)N2CCOCC2)C1=O. The number of benzene rings is 1. The fourth-order valence-corrected chi connectivity index (χ4v) is 4.27. The van der Waals surface area contributed by atoms with Crippen molar-refractivity contribution >= 4 is 23.6 Å². The van der Waals surface area contributed by atoms with Crippen LogP contribution in [0.3, 0.4) is 0 Å². The standard InChI is InChI=1S/C17H19F3N2O3S/c1-11-15(24)22(10-14(23)21-6-8-25-9-7-21)16(26-11)12-2-4-13(5-3-12)17(18,19)20/h2-5,11,16H,6-10H2,1H3/t11-,16-/m0/s1. The number of amides is 2. The van der Waals surface area contributed by atoms with Crippen molar-refractivity contribution in [2.75, 3.05) is 32.8 Å². The predicted octanol–water partition coefficient (Wildman–Crippen LogP) is 2.53. The second-order valence-electron chi connectivity index (χ2n) is 6.21. The van der Waals surface area contributed by atoms with E-state index < -0.39 is 17.1 Å². The zero-order valence-corrected chi connectivity index (χ0v) is 15.0. The number of carbonyl (C=O) groups is 2. The molecule has 0 aliphatic carbocycles. The second-order valence-corrected chi connectivity index (χ2v) is 7.64. The molecule has 2 saturated heterocycles. The molecule has 142 valence electrons. The first-order valence-corrected chi connectivity index (χ1v) is 9.20. The molecule has 0 bridgehead atoms. The van der Waals surface area contributed by atoms with Crippen LogP contribution in [0, 0.1) is 0 Å². The van der Waals surface area contributed by atoms with Crippen molar-refractivity contribution in [1.29, 1.82) is 0 Å². The highest BCUT2D eigenvalue weighted by atomic mass is 32.2. The smallest absolute Gasteiger partial charge is 0.378 e. The van der Waals surface area contributed by atoms with Crippen molar-refractivity contribution in [1.82, 2.24) is 9.80 Å². The van der Waals surface area contributed by atoms with E-state index in [1.54, 1.807) is 11.8 Å². The Hall–Kier alpha value is -1.74. The molecule has 2 atom stereocenters. The van der Waals surface area contributed by atoms with Gasteiger partial charge in [-0.3, -0.25) is 9.59 Å². The quantitative estimate of drug-likeness (QED) is 0.799. The Morgan fingerprint density at radius 1 is 1.23 bits per heavy atom. The lowest BCUT2D eigenvalue weighted by molar-refractivity contribution is -0.142. The normalized spacial score (nSPS) is 24.2. The van der Waals surface area contributed by atoms with Crippen LogP contribution >= 0.6 is 11.8 Å². The monoisotopic (exact) mass is 388 g/mol. The number of alkyl halides is 3.